The molecule has 196 valence electrons. The number of sulfonamides is 1. The van der Waals surface area contributed by atoms with Gasteiger partial charge >= 0.3 is 0 Å². The fourth-order valence-electron chi connectivity index (χ4n) is 3.93. The van der Waals surface area contributed by atoms with Crippen LogP contribution in [-0.4, -0.2) is 51.0 Å². The summed E-state index contributed by atoms with van der Waals surface area (Å²) in [6.07, 6.45) is 1.29. The summed E-state index contributed by atoms with van der Waals surface area (Å²) in [6, 6.07) is 20.6. The molecule has 0 fully saturated rings. The fraction of sp³-hybridized carbons (Fsp3) is 0.259. The second-order valence-electron chi connectivity index (χ2n) is 8.64. The van der Waals surface area contributed by atoms with Crippen molar-refractivity contribution in [2.24, 2.45) is 0 Å². The van der Waals surface area contributed by atoms with Crippen LogP contribution < -0.4 is 9.62 Å². The highest BCUT2D eigenvalue weighted by Gasteiger charge is 2.33. The molecule has 10 heteroatoms. The monoisotopic (exact) mass is 605 g/mol. The quantitative estimate of drug-likeness (QED) is 0.367. The van der Waals surface area contributed by atoms with Gasteiger partial charge in [0.05, 0.1) is 11.9 Å². The van der Waals surface area contributed by atoms with Crippen molar-refractivity contribution in [2.75, 3.05) is 24.2 Å². The minimum absolute atomic E-state index is 0.0282. The normalized spacial score (nSPS) is 12.0. The molecule has 37 heavy (non-hydrogen) atoms. The Labute approximate surface area is 231 Å². The SMILES string of the molecule is CNC(=O)C(Cc1ccccc1)N(Cc1ccccc1Cl)C(=O)CN(c1ccc(Br)c(C)c1)S(C)(=O)=O. The number of carbonyl (C=O) groups is 2. The van der Waals surface area contributed by atoms with Gasteiger partial charge in [0, 0.05) is 29.5 Å². The maximum absolute atomic E-state index is 13.9. The molecule has 0 radical (unpaired) electrons. The lowest BCUT2D eigenvalue weighted by Gasteiger charge is -2.33. The number of aryl methyl sites for hydroxylation is 1. The third-order valence-electron chi connectivity index (χ3n) is 5.92. The first-order chi connectivity index (χ1) is 17.5. The predicted molar refractivity (Wildman–Crippen MR) is 151 cm³/mol. The number of nitrogens with one attached hydrogen (secondary N) is 1. The number of rotatable bonds is 10. The van der Waals surface area contributed by atoms with E-state index in [2.05, 4.69) is 21.2 Å². The summed E-state index contributed by atoms with van der Waals surface area (Å²) in [5.74, 6) is -0.898. The summed E-state index contributed by atoms with van der Waals surface area (Å²) in [5, 5.41) is 3.09. The van der Waals surface area contributed by atoms with E-state index in [0.717, 1.165) is 26.2 Å². The molecule has 1 unspecified atom stereocenters. The van der Waals surface area contributed by atoms with Crippen molar-refractivity contribution in [3.8, 4) is 0 Å². The highest BCUT2D eigenvalue weighted by Crippen LogP contribution is 2.26. The average molecular weight is 607 g/mol. The van der Waals surface area contributed by atoms with Gasteiger partial charge in [0.25, 0.3) is 0 Å². The van der Waals surface area contributed by atoms with E-state index >= 15 is 0 Å². The van der Waals surface area contributed by atoms with E-state index in [1.54, 1.807) is 42.5 Å². The van der Waals surface area contributed by atoms with Crippen LogP contribution in [0.25, 0.3) is 0 Å². The molecular weight excluding hydrogens is 578 g/mol. The first-order valence-electron chi connectivity index (χ1n) is 11.5. The van der Waals surface area contributed by atoms with Crippen molar-refractivity contribution in [3.63, 3.8) is 0 Å². The van der Waals surface area contributed by atoms with Gasteiger partial charge in [-0.15, -0.1) is 0 Å². The zero-order valence-electron chi connectivity index (χ0n) is 20.8. The van der Waals surface area contributed by atoms with Gasteiger partial charge in [-0.2, -0.15) is 0 Å². The zero-order chi connectivity index (χ0) is 27.2. The highest BCUT2D eigenvalue weighted by atomic mass is 79.9. The molecule has 0 aromatic heterocycles. The van der Waals surface area contributed by atoms with Crippen LogP contribution in [0.5, 0.6) is 0 Å². The second kappa shape index (κ2) is 12.6. The Morgan fingerprint density at radius 3 is 2.27 bits per heavy atom. The summed E-state index contributed by atoms with van der Waals surface area (Å²) in [7, 11) is -2.32. The molecule has 0 bridgehead atoms. The van der Waals surface area contributed by atoms with Gasteiger partial charge < -0.3 is 10.2 Å². The first kappa shape index (κ1) is 28.7. The Bertz CT molecular complexity index is 1370. The molecule has 0 spiro atoms. The molecule has 0 aliphatic carbocycles. The molecule has 3 rings (SSSR count). The molecule has 3 aromatic rings. The van der Waals surface area contributed by atoms with Crippen LogP contribution in [-0.2, 0) is 32.6 Å². The van der Waals surface area contributed by atoms with E-state index in [0.29, 0.717) is 16.3 Å². The lowest BCUT2D eigenvalue weighted by atomic mass is 10.0. The number of benzene rings is 3. The van der Waals surface area contributed by atoms with Gasteiger partial charge in [-0.25, -0.2) is 8.42 Å². The summed E-state index contributed by atoms with van der Waals surface area (Å²) in [5.41, 5.74) is 2.68. The fourth-order valence-corrected chi connectivity index (χ4v) is 5.21. The Balaban J connectivity index is 2.05. The molecule has 1 atom stereocenters. The number of hydrogen-bond acceptors (Lipinski definition) is 4. The van der Waals surface area contributed by atoms with Gasteiger partial charge in [-0.05, 0) is 47.9 Å². The lowest BCUT2D eigenvalue weighted by Crippen LogP contribution is -2.52. The average Bonchev–Trinajstić information content (AvgIpc) is 2.86. The molecule has 0 heterocycles. The molecule has 2 amide bonds. The Morgan fingerprint density at radius 1 is 1.03 bits per heavy atom. The molecule has 0 saturated heterocycles. The van der Waals surface area contributed by atoms with E-state index in [9.17, 15) is 18.0 Å². The van der Waals surface area contributed by atoms with Crippen LogP contribution in [0.4, 0.5) is 5.69 Å². The molecule has 7 nitrogen and oxygen atoms in total. The summed E-state index contributed by atoms with van der Waals surface area (Å²) in [4.78, 5) is 28.4. The van der Waals surface area contributed by atoms with Crippen LogP contribution in [0.3, 0.4) is 0 Å². The van der Waals surface area contributed by atoms with E-state index in [1.807, 2.05) is 37.3 Å². The second-order valence-corrected chi connectivity index (χ2v) is 11.8. The number of likely N-dealkylation sites (N-methyl/N-ethyl adjacent to an activating group) is 1. The zero-order valence-corrected chi connectivity index (χ0v) is 24.0. The molecule has 0 aliphatic heterocycles. The summed E-state index contributed by atoms with van der Waals surface area (Å²) in [6.45, 7) is 1.38. The maximum atomic E-state index is 13.9. The molecule has 3 aromatic carbocycles. The van der Waals surface area contributed by atoms with Crippen molar-refractivity contribution in [1.82, 2.24) is 10.2 Å². The Kier molecular flexibility index (Phi) is 9.75. The number of carbonyl (C=O) groups excluding carboxylic acids is 2. The van der Waals surface area contributed by atoms with Gasteiger partial charge in [0.1, 0.15) is 12.6 Å². The first-order valence-corrected chi connectivity index (χ1v) is 14.6. The third kappa shape index (κ3) is 7.56. The van der Waals surface area contributed by atoms with E-state index in [1.165, 1.54) is 11.9 Å². The van der Waals surface area contributed by atoms with Crippen molar-refractivity contribution in [2.45, 2.75) is 25.9 Å². The predicted octanol–water partition coefficient (Wildman–Crippen LogP) is 4.56. The minimum atomic E-state index is -3.82. The van der Waals surface area contributed by atoms with Crippen LogP contribution in [0, 0.1) is 6.92 Å². The highest BCUT2D eigenvalue weighted by molar-refractivity contribution is 9.10. The number of hydrogen-bond donors (Lipinski definition) is 1. The standard InChI is InChI=1S/C27H29BrClN3O4S/c1-19-15-22(13-14-23(19)28)32(37(3,35)36)18-26(33)31(17-21-11-7-8-12-24(21)29)25(27(34)30-2)16-20-9-5-4-6-10-20/h4-15,25H,16-18H2,1-3H3,(H,30,34). The van der Waals surface area contributed by atoms with E-state index in [-0.39, 0.29) is 18.9 Å². The topological polar surface area (TPSA) is 86.8 Å². The van der Waals surface area contributed by atoms with Gasteiger partial charge in [0.2, 0.25) is 21.8 Å². The Hall–Kier alpha value is -2.88. The largest absolute Gasteiger partial charge is 0.357 e. The van der Waals surface area contributed by atoms with Crippen LogP contribution >= 0.6 is 27.5 Å². The minimum Gasteiger partial charge on any atom is -0.357 e. The van der Waals surface area contributed by atoms with Crippen molar-refractivity contribution >= 4 is 55.1 Å². The number of halogens is 2. The van der Waals surface area contributed by atoms with Crippen LogP contribution in [0.15, 0.2) is 77.3 Å². The summed E-state index contributed by atoms with van der Waals surface area (Å²) >= 11 is 9.83. The molecule has 0 saturated carbocycles. The smallest absolute Gasteiger partial charge is 0.244 e. The van der Waals surface area contributed by atoms with E-state index in [4.69, 9.17) is 11.6 Å². The van der Waals surface area contributed by atoms with Crippen LogP contribution in [0.2, 0.25) is 5.02 Å². The molecule has 1 N–H and O–H groups in total. The van der Waals surface area contributed by atoms with Gasteiger partial charge in [-0.1, -0.05) is 76.1 Å². The number of amides is 2. The van der Waals surface area contributed by atoms with E-state index < -0.39 is 28.5 Å². The molecule has 0 aliphatic rings. The van der Waals surface area contributed by atoms with Gasteiger partial charge in [0.15, 0.2) is 0 Å². The van der Waals surface area contributed by atoms with Crippen molar-refractivity contribution in [1.29, 1.82) is 0 Å². The molecular formula is C27H29BrClN3O4S. The lowest BCUT2D eigenvalue weighted by molar-refractivity contribution is -0.139. The maximum Gasteiger partial charge on any atom is 0.244 e. The van der Waals surface area contributed by atoms with Crippen molar-refractivity contribution < 1.29 is 18.0 Å². The number of nitrogens with zero attached hydrogens (tertiary/aromatic N) is 2. The van der Waals surface area contributed by atoms with Crippen LogP contribution in [0.1, 0.15) is 16.7 Å². The Morgan fingerprint density at radius 2 is 1.68 bits per heavy atom. The van der Waals surface area contributed by atoms with Gasteiger partial charge in [-0.3, -0.25) is 13.9 Å². The third-order valence-corrected chi connectivity index (χ3v) is 8.32. The van der Waals surface area contributed by atoms with Crippen molar-refractivity contribution in [3.05, 3.63) is 99.0 Å². The summed E-state index contributed by atoms with van der Waals surface area (Å²) < 4.78 is 27.5. The number of anilines is 1.